The predicted molar refractivity (Wildman–Crippen MR) is 130 cm³/mol. The van der Waals surface area contributed by atoms with Crippen LogP contribution in [0.15, 0.2) is 78.9 Å². The molecule has 0 aromatic heterocycles. The maximum Gasteiger partial charge on any atom is 0.259 e. The number of fused-ring (bicyclic) bond motifs is 2. The number of benzene rings is 3. The van der Waals surface area contributed by atoms with Crippen molar-refractivity contribution >= 4 is 17.5 Å². The van der Waals surface area contributed by atoms with Crippen LogP contribution in [0.3, 0.4) is 0 Å². The molecule has 2 heterocycles. The van der Waals surface area contributed by atoms with Gasteiger partial charge in [0.1, 0.15) is 6.04 Å². The molecule has 0 saturated heterocycles. The molecule has 0 spiro atoms. The fourth-order valence-electron chi connectivity index (χ4n) is 4.94. The van der Waals surface area contributed by atoms with Crippen molar-refractivity contribution in [3.63, 3.8) is 0 Å². The van der Waals surface area contributed by atoms with Crippen LogP contribution in [0, 0.1) is 0 Å². The van der Waals surface area contributed by atoms with Crippen molar-refractivity contribution in [2.45, 2.75) is 31.8 Å². The second kappa shape index (κ2) is 9.59. The summed E-state index contributed by atoms with van der Waals surface area (Å²) in [6, 6.07) is 25.1. The third-order valence-electron chi connectivity index (χ3n) is 6.68. The van der Waals surface area contributed by atoms with E-state index in [1.807, 2.05) is 42.5 Å². The van der Waals surface area contributed by atoms with Crippen LogP contribution in [0.4, 0.5) is 5.69 Å². The second-order valence-electron chi connectivity index (χ2n) is 8.83. The van der Waals surface area contributed by atoms with E-state index in [1.165, 1.54) is 11.1 Å². The van der Waals surface area contributed by atoms with Gasteiger partial charge in [0.05, 0.1) is 0 Å². The zero-order valence-electron chi connectivity index (χ0n) is 18.7. The molecule has 5 heteroatoms. The molecule has 168 valence electrons. The van der Waals surface area contributed by atoms with Crippen molar-refractivity contribution in [2.24, 2.45) is 0 Å². The molecule has 1 N–H and O–H groups in total. The first-order valence-corrected chi connectivity index (χ1v) is 11.7. The summed E-state index contributed by atoms with van der Waals surface area (Å²) < 4.78 is 0. The third-order valence-corrected chi connectivity index (χ3v) is 6.68. The number of anilines is 1. The number of hydrogen-bond acceptors (Lipinski definition) is 3. The smallest absolute Gasteiger partial charge is 0.259 e. The van der Waals surface area contributed by atoms with Gasteiger partial charge in [-0.3, -0.25) is 19.4 Å². The highest BCUT2D eigenvalue weighted by molar-refractivity contribution is 6.11. The first kappa shape index (κ1) is 21.4. The summed E-state index contributed by atoms with van der Waals surface area (Å²) >= 11 is 0. The van der Waals surface area contributed by atoms with Crippen molar-refractivity contribution in [1.82, 2.24) is 10.2 Å². The molecule has 0 radical (unpaired) electrons. The highest BCUT2D eigenvalue weighted by Gasteiger charge is 2.38. The molecule has 2 aliphatic rings. The zero-order valence-corrected chi connectivity index (χ0v) is 18.7. The van der Waals surface area contributed by atoms with Gasteiger partial charge in [0.25, 0.3) is 5.91 Å². The molecule has 33 heavy (non-hydrogen) atoms. The molecule has 5 nitrogen and oxygen atoms in total. The summed E-state index contributed by atoms with van der Waals surface area (Å²) in [4.78, 5) is 30.6. The number of hydrogen-bond donors (Lipinski definition) is 1. The van der Waals surface area contributed by atoms with E-state index >= 15 is 0 Å². The lowest BCUT2D eigenvalue weighted by atomic mass is 10.00. The lowest BCUT2D eigenvalue weighted by Crippen LogP contribution is -2.48. The van der Waals surface area contributed by atoms with Gasteiger partial charge in [-0.2, -0.15) is 0 Å². The van der Waals surface area contributed by atoms with Gasteiger partial charge in [0.15, 0.2) is 0 Å². The number of nitrogens with one attached hydrogen (secondary N) is 1. The molecule has 2 amide bonds. The van der Waals surface area contributed by atoms with E-state index in [9.17, 15) is 9.59 Å². The first-order valence-electron chi connectivity index (χ1n) is 11.7. The van der Waals surface area contributed by atoms with Crippen LogP contribution >= 0.6 is 0 Å². The quantitative estimate of drug-likeness (QED) is 0.594. The lowest BCUT2D eigenvalue weighted by molar-refractivity contribution is -0.122. The predicted octanol–water partition coefficient (Wildman–Crippen LogP) is 3.82. The minimum Gasteiger partial charge on any atom is -0.354 e. The van der Waals surface area contributed by atoms with E-state index in [2.05, 4.69) is 34.5 Å². The Balaban J connectivity index is 1.19. The summed E-state index contributed by atoms with van der Waals surface area (Å²) in [5, 5.41) is 3.10. The van der Waals surface area contributed by atoms with Crippen molar-refractivity contribution in [3.05, 3.63) is 101 Å². The Labute approximate surface area is 195 Å². The summed E-state index contributed by atoms with van der Waals surface area (Å²) in [6.45, 7) is 3.59. The van der Waals surface area contributed by atoms with Crippen LogP contribution in [0.1, 0.15) is 33.5 Å². The SMILES string of the molecule is O=C(NCCCN1CCc2ccccc2C1)C1Cc2ccccc2N1C(=O)c1ccccc1. The van der Waals surface area contributed by atoms with Crippen molar-refractivity contribution < 1.29 is 9.59 Å². The first-order chi connectivity index (χ1) is 16.2. The molecule has 1 atom stereocenters. The molecule has 2 aliphatic heterocycles. The largest absolute Gasteiger partial charge is 0.354 e. The van der Waals surface area contributed by atoms with Gasteiger partial charge in [-0.25, -0.2) is 0 Å². The molecule has 0 bridgehead atoms. The van der Waals surface area contributed by atoms with Crippen molar-refractivity contribution in [2.75, 3.05) is 24.5 Å². The Kier molecular flexibility index (Phi) is 6.22. The fraction of sp³-hybridized carbons (Fsp3) is 0.286. The van der Waals surface area contributed by atoms with E-state index in [0.717, 1.165) is 43.7 Å². The number of nitrogens with zero attached hydrogens (tertiary/aromatic N) is 2. The van der Waals surface area contributed by atoms with Crippen LogP contribution in [-0.4, -0.2) is 42.4 Å². The van der Waals surface area contributed by atoms with E-state index in [1.54, 1.807) is 17.0 Å². The van der Waals surface area contributed by atoms with Crippen LogP contribution < -0.4 is 10.2 Å². The summed E-state index contributed by atoms with van der Waals surface area (Å²) in [5.41, 5.74) is 5.32. The number of amides is 2. The average Bonchev–Trinajstić information content (AvgIpc) is 3.26. The number of rotatable bonds is 6. The molecular formula is C28H29N3O2. The second-order valence-corrected chi connectivity index (χ2v) is 8.83. The number of para-hydroxylation sites is 1. The highest BCUT2D eigenvalue weighted by Crippen LogP contribution is 2.33. The Morgan fingerprint density at radius 3 is 2.36 bits per heavy atom. The molecule has 1 unspecified atom stereocenters. The molecule has 0 fully saturated rings. The Hall–Kier alpha value is -3.44. The van der Waals surface area contributed by atoms with Gasteiger partial charge in [-0.1, -0.05) is 60.7 Å². The molecule has 0 saturated carbocycles. The molecule has 3 aromatic carbocycles. The van der Waals surface area contributed by atoms with Crippen molar-refractivity contribution in [1.29, 1.82) is 0 Å². The minimum atomic E-state index is -0.517. The highest BCUT2D eigenvalue weighted by atomic mass is 16.2. The molecular weight excluding hydrogens is 410 g/mol. The summed E-state index contributed by atoms with van der Waals surface area (Å²) in [6.07, 6.45) is 2.52. The van der Waals surface area contributed by atoms with Gasteiger partial charge in [-0.05, 0) is 47.7 Å². The zero-order chi connectivity index (χ0) is 22.6. The lowest BCUT2D eigenvalue weighted by Gasteiger charge is -2.29. The topological polar surface area (TPSA) is 52.7 Å². The average molecular weight is 440 g/mol. The van der Waals surface area contributed by atoms with Gasteiger partial charge in [-0.15, -0.1) is 0 Å². The van der Waals surface area contributed by atoms with Gasteiger partial charge in [0, 0.05) is 43.9 Å². The molecule has 3 aromatic rings. The Bertz CT molecular complexity index is 1140. The van der Waals surface area contributed by atoms with E-state index in [0.29, 0.717) is 18.5 Å². The van der Waals surface area contributed by atoms with Crippen LogP contribution in [-0.2, 0) is 24.2 Å². The maximum absolute atomic E-state index is 13.3. The van der Waals surface area contributed by atoms with Crippen LogP contribution in [0.2, 0.25) is 0 Å². The maximum atomic E-state index is 13.3. The Morgan fingerprint density at radius 1 is 0.848 bits per heavy atom. The van der Waals surface area contributed by atoms with E-state index in [-0.39, 0.29) is 11.8 Å². The number of carbonyl (C=O) groups excluding carboxylic acids is 2. The monoisotopic (exact) mass is 439 g/mol. The normalized spacial score (nSPS) is 17.3. The summed E-state index contributed by atoms with van der Waals surface area (Å²) in [5.74, 6) is -0.216. The Morgan fingerprint density at radius 2 is 1.55 bits per heavy atom. The van der Waals surface area contributed by atoms with Gasteiger partial charge < -0.3 is 5.32 Å². The third kappa shape index (κ3) is 4.55. The summed E-state index contributed by atoms with van der Waals surface area (Å²) in [7, 11) is 0. The van der Waals surface area contributed by atoms with Crippen LogP contribution in [0.25, 0.3) is 0 Å². The van der Waals surface area contributed by atoms with E-state index in [4.69, 9.17) is 0 Å². The van der Waals surface area contributed by atoms with Gasteiger partial charge in [0.2, 0.25) is 5.91 Å². The standard InChI is InChI=1S/C28H29N3O2/c32-27(29-16-8-17-30-18-15-21-9-4-5-13-24(21)20-30)26-19-23-12-6-7-14-25(23)31(26)28(33)22-10-2-1-3-11-22/h1-7,9-14,26H,8,15-20H2,(H,29,32). The van der Waals surface area contributed by atoms with Crippen molar-refractivity contribution in [3.8, 4) is 0 Å². The van der Waals surface area contributed by atoms with Gasteiger partial charge >= 0.3 is 0 Å². The fourth-order valence-corrected chi connectivity index (χ4v) is 4.94. The molecule has 0 aliphatic carbocycles. The van der Waals surface area contributed by atoms with Crippen LogP contribution in [0.5, 0.6) is 0 Å². The van der Waals surface area contributed by atoms with E-state index < -0.39 is 6.04 Å². The number of carbonyl (C=O) groups is 2. The molecule has 5 rings (SSSR count). The minimum absolute atomic E-state index is 0.0838.